The molecule has 0 aliphatic heterocycles. The molecule has 0 spiro atoms. The fourth-order valence-electron chi connectivity index (χ4n) is 2.29. The summed E-state index contributed by atoms with van der Waals surface area (Å²) in [5.41, 5.74) is 0. The normalized spacial score (nSPS) is 17.1. The number of hydrogen-bond donors (Lipinski definition) is 2. The molecule has 1 fully saturated rings. The van der Waals surface area contributed by atoms with Gasteiger partial charge in [0.1, 0.15) is 4.90 Å². The van der Waals surface area contributed by atoms with Crippen molar-refractivity contribution < 1.29 is 8.42 Å². The molecule has 1 unspecified atom stereocenters. The smallest absolute Gasteiger partial charge is 0.242 e. The van der Waals surface area contributed by atoms with Crippen LogP contribution in [0.15, 0.2) is 14.7 Å². The molecule has 2 rings (SSSR count). The van der Waals surface area contributed by atoms with Crippen LogP contribution in [-0.2, 0) is 16.6 Å². The highest BCUT2D eigenvalue weighted by Crippen LogP contribution is 2.35. The summed E-state index contributed by atoms with van der Waals surface area (Å²) < 4.78 is 28.4. The van der Waals surface area contributed by atoms with Crippen LogP contribution in [0.3, 0.4) is 0 Å². The number of halogens is 1. The number of sulfonamides is 1. The Hall–Kier alpha value is 0.0500. The van der Waals surface area contributed by atoms with Gasteiger partial charge in [-0.05, 0) is 54.2 Å². The van der Waals surface area contributed by atoms with Crippen LogP contribution >= 0.6 is 27.3 Å². The monoisotopic (exact) mass is 394 g/mol. The number of thiophene rings is 1. The van der Waals surface area contributed by atoms with Gasteiger partial charge in [0.25, 0.3) is 0 Å². The van der Waals surface area contributed by atoms with Crippen molar-refractivity contribution in [2.45, 2.75) is 57.0 Å². The number of rotatable bonds is 9. The molecule has 0 amide bonds. The molecule has 0 bridgehead atoms. The molecule has 0 saturated heterocycles. The lowest BCUT2D eigenvalue weighted by Gasteiger charge is -2.13. The predicted octanol–water partition coefficient (Wildman–Crippen LogP) is 3.48. The zero-order valence-corrected chi connectivity index (χ0v) is 15.7. The Morgan fingerprint density at radius 3 is 2.81 bits per heavy atom. The minimum atomic E-state index is -3.43. The van der Waals surface area contributed by atoms with Gasteiger partial charge in [-0.25, -0.2) is 13.1 Å². The maximum absolute atomic E-state index is 12.5. The molecule has 0 aromatic carbocycles. The number of nitrogens with one attached hydrogen (secondary N) is 2. The van der Waals surface area contributed by atoms with Crippen LogP contribution < -0.4 is 10.0 Å². The van der Waals surface area contributed by atoms with E-state index in [1.165, 1.54) is 24.2 Å². The predicted molar refractivity (Wildman–Crippen MR) is 91.1 cm³/mol. The molecule has 2 N–H and O–H groups in total. The summed E-state index contributed by atoms with van der Waals surface area (Å²) in [6.07, 6.45) is 4.48. The molecule has 1 aliphatic carbocycles. The molecule has 1 heterocycles. The molecule has 4 nitrogen and oxygen atoms in total. The van der Waals surface area contributed by atoms with Crippen LogP contribution in [-0.4, -0.2) is 21.0 Å². The van der Waals surface area contributed by atoms with Crippen molar-refractivity contribution >= 4 is 37.3 Å². The third-order valence-corrected chi connectivity index (χ3v) is 7.30. The zero-order chi connectivity index (χ0) is 15.5. The fourth-order valence-corrected chi connectivity index (χ4v) is 6.20. The standard InChI is InChI=1S/C14H23BrN2O2S2/c1-3-6-16-9-12-8-13(14(15)20-12)21(18,19)17-10(2)7-11-4-5-11/h8,10-11,16-17H,3-7,9H2,1-2H3. The third kappa shape index (κ3) is 5.32. The molecule has 21 heavy (non-hydrogen) atoms. The molecular weight excluding hydrogens is 372 g/mol. The highest BCUT2D eigenvalue weighted by Gasteiger charge is 2.27. The van der Waals surface area contributed by atoms with Crippen molar-refractivity contribution in [1.29, 1.82) is 0 Å². The molecule has 7 heteroatoms. The summed E-state index contributed by atoms with van der Waals surface area (Å²) in [5.74, 6) is 0.711. The Morgan fingerprint density at radius 2 is 2.19 bits per heavy atom. The van der Waals surface area contributed by atoms with Gasteiger partial charge >= 0.3 is 0 Å². The summed E-state index contributed by atoms with van der Waals surface area (Å²) in [6, 6.07) is 1.76. The Labute approximate surface area is 139 Å². The Balaban J connectivity index is 2.00. The first-order chi connectivity index (χ1) is 9.92. The van der Waals surface area contributed by atoms with Gasteiger partial charge in [-0.1, -0.05) is 19.8 Å². The second kappa shape index (κ2) is 7.55. The molecule has 1 aliphatic rings. The van der Waals surface area contributed by atoms with Crippen LogP contribution in [0.5, 0.6) is 0 Å². The van der Waals surface area contributed by atoms with Crippen LogP contribution in [0.4, 0.5) is 0 Å². The highest BCUT2D eigenvalue weighted by molar-refractivity contribution is 9.11. The van der Waals surface area contributed by atoms with E-state index in [0.717, 1.165) is 24.3 Å². The molecule has 1 atom stereocenters. The van der Waals surface area contributed by atoms with Gasteiger partial charge in [0, 0.05) is 17.5 Å². The molecule has 0 radical (unpaired) electrons. The average molecular weight is 395 g/mol. The van der Waals surface area contributed by atoms with Gasteiger partial charge in [0.15, 0.2) is 0 Å². The third-order valence-electron chi connectivity index (χ3n) is 3.46. The first kappa shape index (κ1) is 17.4. The van der Waals surface area contributed by atoms with Gasteiger partial charge in [-0.2, -0.15) is 0 Å². The fraction of sp³-hybridized carbons (Fsp3) is 0.714. The van der Waals surface area contributed by atoms with E-state index in [1.54, 1.807) is 6.07 Å². The molecule has 1 aromatic heterocycles. The van der Waals surface area contributed by atoms with Crippen molar-refractivity contribution in [3.63, 3.8) is 0 Å². The van der Waals surface area contributed by atoms with E-state index in [9.17, 15) is 8.42 Å². The first-order valence-electron chi connectivity index (χ1n) is 7.43. The maximum atomic E-state index is 12.5. The summed E-state index contributed by atoms with van der Waals surface area (Å²) in [7, 11) is -3.43. The number of hydrogen-bond acceptors (Lipinski definition) is 4. The second-order valence-electron chi connectivity index (χ2n) is 5.73. The van der Waals surface area contributed by atoms with Crippen LogP contribution in [0.25, 0.3) is 0 Å². The summed E-state index contributed by atoms with van der Waals surface area (Å²) in [4.78, 5) is 1.40. The van der Waals surface area contributed by atoms with Crippen LogP contribution in [0.2, 0.25) is 0 Å². The van der Waals surface area contributed by atoms with E-state index < -0.39 is 10.0 Å². The maximum Gasteiger partial charge on any atom is 0.242 e. The Kier molecular flexibility index (Phi) is 6.25. The Bertz CT molecular complexity index is 568. The summed E-state index contributed by atoms with van der Waals surface area (Å²) in [5, 5.41) is 3.29. The second-order valence-corrected chi connectivity index (χ2v) is 9.87. The highest BCUT2D eigenvalue weighted by atomic mass is 79.9. The van der Waals surface area contributed by atoms with E-state index >= 15 is 0 Å². The van der Waals surface area contributed by atoms with E-state index in [-0.39, 0.29) is 6.04 Å². The molecule has 1 aromatic rings. The minimum Gasteiger partial charge on any atom is -0.312 e. The largest absolute Gasteiger partial charge is 0.312 e. The molecule has 120 valence electrons. The van der Waals surface area contributed by atoms with Gasteiger partial charge in [0.2, 0.25) is 10.0 Å². The van der Waals surface area contributed by atoms with Crippen molar-refractivity contribution in [3.05, 3.63) is 14.7 Å². The Morgan fingerprint density at radius 1 is 1.48 bits per heavy atom. The van der Waals surface area contributed by atoms with E-state index in [2.05, 4.69) is 32.9 Å². The van der Waals surface area contributed by atoms with Crippen molar-refractivity contribution in [2.24, 2.45) is 5.92 Å². The van der Waals surface area contributed by atoms with Crippen LogP contribution in [0, 0.1) is 5.92 Å². The molecule has 1 saturated carbocycles. The van der Waals surface area contributed by atoms with Crippen molar-refractivity contribution in [2.75, 3.05) is 6.54 Å². The van der Waals surface area contributed by atoms with Crippen molar-refractivity contribution in [3.8, 4) is 0 Å². The SMILES string of the molecule is CCCNCc1cc(S(=O)(=O)NC(C)CC2CC2)c(Br)s1. The first-order valence-corrected chi connectivity index (χ1v) is 10.5. The zero-order valence-electron chi connectivity index (χ0n) is 12.5. The lowest BCUT2D eigenvalue weighted by Crippen LogP contribution is -2.32. The topological polar surface area (TPSA) is 58.2 Å². The minimum absolute atomic E-state index is 0.00373. The van der Waals surface area contributed by atoms with Gasteiger partial charge in [-0.15, -0.1) is 11.3 Å². The molecular formula is C14H23BrN2O2S2. The van der Waals surface area contributed by atoms with Gasteiger partial charge in [0.05, 0.1) is 3.79 Å². The van der Waals surface area contributed by atoms with Gasteiger partial charge in [-0.3, -0.25) is 0 Å². The summed E-state index contributed by atoms with van der Waals surface area (Å²) in [6.45, 7) is 5.71. The van der Waals surface area contributed by atoms with E-state index in [0.29, 0.717) is 21.1 Å². The lowest BCUT2D eigenvalue weighted by atomic mass is 10.2. The quantitative estimate of drug-likeness (QED) is 0.630. The van der Waals surface area contributed by atoms with E-state index in [4.69, 9.17) is 0 Å². The van der Waals surface area contributed by atoms with Crippen LogP contribution in [0.1, 0.15) is 44.4 Å². The lowest BCUT2D eigenvalue weighted by molar-refractivity contribution is 0.530. The van der Waals surface area contributed by atoms with E-state index in [1.807, 2.05) is 6.92 Å². The average Bonchev–Trinajstić information content (AvgIpc) is 3.10. The van der Waals surface area contributed by atoms with Gasteiger partial charge < -0.3 is 5.32 Å². The summed E-state index contributed by atoms with van der Waals surface area (Å²) >= 11 is 4.87. The van der Waals surface area contributed by atoms with Crippen molar-refractivity contribution in [1.82, 2.24) is 10.0 Å².